The van der Waals surface area contributed by atoms with Crippen LogP contribution in [0.25, 0.3) is 0 Å². The molecule has 1 unspecified atom stereocenters. The van der Waals surface area contributed by atoms with Gasteiger partial charge in [0.05, 0.1) is 8.07 Å². The molecule has 1 fully saturated rings. The van der Waals surface area contributed by atoms with E-state index < -0.39 is 14.7 Å². The summed E-state index contributed by atoms with van der Waals surface area (Å²) in [6, 6.07) is 16.7. The second-order valence-corrected chi connectivity index (χ2v) is 13.6. The van der Waals surface area contributed by atoms with Crippen molar-refractivity contribution in [3.63, 3.8) is 0 Å². The molecule has 2 aromatic rings. The molecule has 2 heterocycles. The molecule has 146 valence electrons. The molecule has 1 atom stereocenters. The van der Waals surface area contributed by atoms with Crippen molar-refractivity contribution >= 4 is 8.07 Å². The highest BCUT2D eigenvalue weighted by atomic mass is 28.3. The number of benzene rings is 2. The number of fused-ring (bicyclic) bond motifs is 2. The van der Waals surface area contributed by atoms with E-state index in [1.165, 1.54) is 36.4 Å². The maximum atomic E-state index is 12.2. The van der Waals surface area contributed by atoms with Gasteiger partial charge in [-0.05, 0) is 46.9 Å². The van der Waals surface area contributed by atoms with Crippen LogP contribution in [0.5, 0.6) is 11.5 Å². The van der Waals surface area contributed by atoms with Crippen molar-refractivity contribution in [2.24, 2.45) is 0 Å². The van der Waals surface area contributed by atoms with Crippen LogP contribution in [0, 0.1) is 0 Å². The van der Waals surface area contributed by atoms with Crippen LogP contribution in [-0.4, -0.2) is 14.7 Å². The minimum absolute atomic E-state index is 0.245. The number of hydrogen-bond acceptors (Lipinski definition) is 2. The number of ether oxygens (including phenoxy) is 2. The maximum Gasteiger partial charge on any atom is 0.387 e. The average Bonchev–Trinajstić information content (AvgIpc) is 2.96. The molecule has 2 aliphatic heterocycles. The van der Waals surface area contributed by atoms with Crippen LogP contribution in [0.1, 0.15) is 37.3 Å². The predicted octanol–water partition coefficient (Wildman–Crippen LogP) is 6.56. The third-order valence-electron chi connectivity index (χ3n) is 6.24. The number of rotatable bonds is 3. The van der Waals surface area contributed by atoms with Crippen LogP contribution in [0.2, 0.25) is 19.1 Å². The summed E-state index contributed by atoms with van der Waals surface area (Å²) in [5.74, 6) is 1.25. The van der Waals surface area contributed by atoms with Crippen LogP contribution in [0.3, 0.4) is 0 Å². The fourth-order valence-electron chi connectivity index (χ4n) is 4.09. The van der Waals surface area contributed by atoms with Crippen LogP contribution in [-0.2, 0) is 11.6 Å². The fourth-order valence-corrected chi connectivity index (χ4v) is 7.58. The van der Waals surface area contributed by atoms with E-state index in [0.29, 0.717) is 0 Å². The fraction of sp³-hybridized carbons (Fsp3) is 0.455. The summed E-state index contributed by atoms with van der Waals surface area (Å²) in [4.78, 5) is 0. The molecule has 0 radical (unpaired) electrons. The molecular formula is C22H28F2O2Si. The van der Waals surface area contributed by atoms with Crippen LogP contribution >= 0.6 is 0 Å². The summed E-state index contributed by atoms with van der Waals surface area (Å²) < 4.78 is 33.9. The zero-order chi connectivity index (χ0) is 19.5. The summed E-state index contributed by atoms with van der Waals surface area (Å²) >= 11 is 0. The molecule has 2 aromatic carbocycles. The SMILES string of the molecule is CC1(c2ccc(OC(F)F)cc2)CCCC[Si]1(C)C.c1cc2cc(c1)OC2. The Labute approximate surface area is 161 Å². The van der Waals surface area contributed by atoms with Gasteiger partial charge in [-0.15, -0.1) is 0 Å². The lowest BCUT2D eigenvalue weighted by Gasteiger charge is -2.47. The van der Waals surface area contributed by atoms with Gasteiger partial charge in [0.15, 0.2) is 0 Å². The van der Waals surface area contributed by atoms with Crippen molar-refractivity contribution in [2.45, 2.75) is 63.6 Å². The van der Waals surface area contributed by atoms with E-state index in [2.05, 4.69) is 36.9 Å². The molecular weight excluding hydrogens is 362 g/mol. The molecule has 2 nitrogen and oxygen atoms in total. The minimum atomic E-state index is -2.75. The number of alkyl halides is 2. The van der Waals surface area contributed by atoms with Crippen LogP contribution < -0.4 is 9.47 Å². The van der Waals surface area contributed by atoms with Crippen LogP contribution in [0.15, 0.2) is 48.5 Å². The van der Waals surface area contributed by atoms with E-state index in [1.54, 1.807) is 12.1 Å². The summed E-state index contributed by atoms with van der Waals surface area (Å²) in [6.45, 7) is 5.25. The largest absolute Gasteiger partial charge is 0.489 e. The molecule has 5 heteroatoms. The van der Waals surface area contributed by atoms with Gasteiger partial charge in [-0.3, -0.25) is 0 Å². The molecule has 0 spiro atoms. The Balaban J connectivity index is 0.000000216. The lowest BCUT2D eigenvalue weighted by molar-refractivity contribution is -0.0498. The third kappa shape index (κ3) is 4.51. The van der Waals surface area contributed by atoms with Gasteiger partial charge in [0.2, 0.25) is 0 Å². The number of hydrogen-bond donors (Lipinski definition) is 0. The summed E-state index contributed by atoms with van der Waals surface area (Å²) in [6.07, 6.45) is 3.81. The van der Waals surface area contributed by atoms with E-state index in [4.69, 9.17) is 4.74 Å². The van der Waals surface area contributed by atoms with Crippen molar-refractivity contribution in [3.05, 3.63) is 59.7 Å². The Hall–Kier alpha value is -1.88. The molecule has 4 rings (SSSR count). The van der Waals surface area contributed by atoms with Crippen molar-refractivity contribution in [2.75, 3.05) is 0 Å². The molecule has 1 saturated heterocycles. The molecule has 0 aliphatic carbocycles. The first-order chi connectivity index (χ1) is 12.8. The normalized spacial score (nSPS) is 22.6. The molecule has 2 aliphatic rings. The first kappa shape index (κ1) is 19.9. The monoisotopic (exact) mass is 390 g/mol. The van der Waals surface area contributed by atoms with Crippen molar-refractivity contribution in [3.8, 4) is 11.5 Å². The lowest BCUT2D eigenvalue weighted by atomic mass is 9.93. The molecule has 0 amide bonds. The standard InChI is InChI=1S/C15H22F2OSi.C7H6O/c1-15(10-4-5-11-19(15,2)3)12-6-8-13(9-7-12)18-14(16)17;1-2-6-4-7(3-1)8-5-6/h6-9,14H,4-5,10-11H2,1-3H3;1-4H,5H2. The van der Waals surface area contributed by atoms with Crippen LogP contribution in [0.4, 0.5) is 8.78 Å². The zero-order valence-electron chi connectivity index (χ0n) is 16.3. The minimum Gasteiger partial charge on any atom is -0.489 e. The summed E-state index contributed by atoms with van der Waals surface area (Å²) in [5, 5.41) is 0.245. The zero-order valence-corrected chi connectivity index (χ0v) is 17.3. The van der Waals surface area contributed by atoms with Gasteiger partial charge >= 0.3 is 6.61 Å². The van der Waals surface area contributed by atoms with Gasteiger partial charge < -0.3 is 9.47 Å². The van der Waals surface area contributed by atoms with E-state index >= 15 is 0 Å². The van der Waals surface area contributed by atoms with E-state index in [1.807, 2.05) is 24.3 Å². The Morgan fingerprint density at radius 1 is 1.07 bits per heavy atom. The Morgan fingerprint density at radius 2 is 1.81 bits per heavy atom. The Morgan fingerprint density at radius 3 is 2.41 bits per heavy atom. The first-order valence-electron chi connectivity index (χ1n) is 9.57. The van der Waals surface area contributed by atoms with Gasteiger partial charge in [-0.1, -0.05) is 63.2 Å². The first-order valence-corrected chi connectivity index (χ1v) is 12.8. The molecule has 0 aromatic heterocycles. The van der Waals surface area contributed by atoms with Crippen molar-refractivity contribution in [1.29, 1.82) is 0 Å². The van der Waals surface area contributed by atoms with Gasteiger partial charge in [0, 0.05) is 0 Å². The van der Waals surface area contributed by atoms with Crippen molar-refractivity contribution < 1.29 is 18.3 Å². The second-order valence-electron chi connectivity index (χ2n) is 8.26. The van der Waals surface area contributed by atoms with E-state index in [9.17, 15) is 8.78 Å². The van der Waals surface area contributed by atoms with E-state index in [-0.39, 0.29) is 10.8 Å². The van der Waals surface area contributed by atoms with Gasteiger partial charge in [-0.2, -0.15) is 8.78 Å². The molecule has 0 N–H and O–H groups in total. The lowest BCUT2D eigenvalue weighted by Crippen LogP contribution is -2.51. The van der Waals surface area contributed by atoms with Gasteiger partial charge in [0.25, 0.3) is 0 Å². The quantitative estimate of drug-likeness (QED) is 0.553. The molecule has 27 heavy (non-hydrogen) atoms. The van der Waals surface area contributed by atoms with E-state index in [0.717, 1.165) is 12.4 Å². The maximum absolute atomic E-state index is 12.2. The van der Waals surface area contributed by atoms with Gasteiger partial charge in [-0.25, -0.2) is 0 Å². The summed E-state index contributed by atoms with van der Waals surface area (Å²) in [7, 11) is -1.32. The molecule has 0 saturated carbocycles. The topological polar surface area (TPSA) is 18.5 Å². The Bertz CT molecular complexity index is 742. The Kier molecular flexibility index (Phi) is 5.89. The molecule has 2 bridgehead atoms. The second kappa shape index (κ2) is 8.01. The highest BCUT2D eigenvalue weighted by Crippen LogP contribution is 2.45. The highest BCUT2D eigenvalue weighted by Gasteiger charge is 2.45. The highest BCUT2D eigenvalue weighted by molar-refractivity contribution is 6.80. The van der Waals surface area contributed by atoms with Crippen molar-refractivity contribution in [1.82, 2.24) is 0 Å². The summed E-state index contributed by atoms with van der Waals surface area (Å²) in [5.41, 5.74) is 2.56. The number of halogens is 2. The average molecular weight is 391 g/mol. The smallest absolute Gasteiger partial charge is 0.387 e. The third-order valence-corrected chi connectivity index (χ3v) is 11.4. The predicted molar refractivity (Wildman–Crippen MR) is 107 cm³/mol. The van der Waals surface area contributed by atoms with Gasteiger partial charge in [0.1, 0.15) is 18.1 Å².